The summed E-state index contributed by atoms with van der Waals surface area (Å²) in [7, 11) is -3.37. The van der Waals surface area contributed by atoms with Crippen molar-refractivity contribution in [2.24, 2.45) is 0 Å². The standard InChI is InChI=1S/C13H12FNO5S/c1-3-20-8-12(13(16)19-2)21(17,18)11-5-9(7-15)4-10(14)6-11/h4-6,8H,3H2,1-2H3. The molecule has 1 aromatic carbocycles. The van der Waals surface area contributed by atoms with Crippen LogP contribution in [0.15, 0.2) is 34.3 Å². The van der Waals surface area contributed by atoms with Gasteiger partial charge in [0, 0.05) is 0 Å². The maximum Gasteiger partial charge on any atom is 0.353 e. The van der Waals surface area contributed by atoms with Crippen LogP contribution in [0.3, 0.4) is 0 Å². The number of halogens is 1. The van der Waals surface area contributed by atoms with Gasteiger partial charge >= 0.3 is 5.97 Å². The first kappa shape index (κ1) is 16.7. The molecule has 8 heteroatoms. The van der Waals surface area contributed by atoms with Gasteiger partial charge in [-0.1, -0.05) is 0 Å². The predicted molar refractivity (Wildman–Crippen MR) is 70.0 cm³/mol. The van der Waals surface area contributed by atoms with Crippen molar-refractivity contribution < 1.29 is 27.1 Å². The van der Waals surface area contributed by atoms with Crippen molar-refractivity contribution in [2.45, 2.75) is 11.8 Å². The zero-order valence-corrected chi connectivity index (χ0v) is 12.1. The van der Waals surface area contributed by atoms with E-state index in [4.69, 9.17) is 10.00 Å². The molecule has 0 saturated carbocycles. The highest BCUT2D eigenvalue weighted by atomic mass is 32.2. The molecule has 0 radical (unpaired) electrons. The van der Waals surface area contributed by atoms with Crippen molar-refractivity contribution in [1.29, 1.82) is 5.26 Å². The Bertz CT molecular complexity index is 719. The number of hydrogen-bond acceptors (Lipinski definition) is 6. The summed E-state index contributed by atoms with van der Waals surface area (Å²) in [5, 5.41) is 8.75. The molecule has 6 nitrogen and oxygen atoms in total. The number of ether oxygens (including phenoxy) is 2. The molecule has 0 saturated heterocycles. The molecular formula is C13H12FNO5S. The molecule has 0 aromatic heterocycles. The molecule has 1 rings (SSSR count). The second kappa shape index (κ2) is 6.85. The summed E-state index contributed by atoms with van der Waals surface area (Å²) < 4.78 is 47.2. The number of rotatable bonds is 5. The second-order valence-electron chi connectivity index (χ2n) is 3.72. The number of sulfone groups is 1. The summed E-state index contributed by atoms with van der Waals surface area (Å²) >= 11 is 0. The summed E-state index contributed by atoms with van der Waals surface area (Å²) in [4.78, 5) is 10.3. The Hall–Kier alpha value is -2.40. The number of carbonyl (C=O) groups is 1. The fraction of sp³-hybridized carbons (Fsp3) is 0.231. The monoisotopic (exact) mass is 313 g/mol. The quantitative estimate of drug-likeness (QED) is 0.465. The molecule has 0 heterocycles. The van der Waals surface area contributed by atoms with Crippen LogP contribution in [-0.2, 0) is 24.1 Å². The number of carbonyl (C=O) groups excluding carboxylic acids is 1. The van der Waals surface area contributed by atoms with Gasteiger partial charge in [-0.2, -0.15) is 5.26 Å². The lowest BCUT2D eigenvalue weighted by molar-refractivity contribution is -0.135. The van der Waals surface area contributed by atoms with E-state index in [0.29, 0.717) is 6.07 Å². The second-order valence-corrected chi connectivity index (χ2v) is 5.64. The minimum absolute atomic E-state index is 0.128. The van der Waals surface area contributed by atoms with Crippen LogP contribution in [0.4, 0.5) is 4.39 Å². The third-order valence-corrected chi connectivity index (χ3v) is 4.04. The molecule has 1 aromatic rings. The number of benzene rings is 1. The highest BCUT2D eigenvalue weighted by molar-refractivity contribution is 7.96. The molecule has 0 amide bonds. The van der Waals surface area contributed by atoms with Gasteiger partial charge in [-0.15, -0.1) is 0 Å². The topological polar surface area (TPSA) is 93.5 Å². The van der Waals surface area contributed by atoms with Crippen LogP contribution >= 0.6 is 0 Å². The van der Waals surface area contributed by atoms with Gasteiger partial charge < -0.3 is 9.47 Å². The van der Waals surface area contributed by atoms with Crippen molar-refractivity contribution in [2.75, 3.05) is 13.7 Å². The molecule has 112 valence electrons. The van der Waals surface area contributed by atoms with Crippen LogP contribution in [0.25, 0.3) is 0 Å². The van der Waals surface area contributed by atoms with Crippen LogP contribution in [0.1, 0.15) is 12.5 Å². The number of hydrogen-bond donors (Lipinski definition) is 0. The van der Waals surface area contributed by atoms with Crippen molar-refractivity contribution >= 4 is 15.8 Å². The molecule has 0 aliphatic heterocycles. The molecule has 0 bridgehead atoms. The molecule has 21 heavy (non-hydrogen) atoms. The SMILES string of the molecule is CCOC=C(C(=O)OC)S(=O)(=O)c1cc(F)cc(C#N)c1. The molecule has 0 aliphatic rings. The Labute approximate surface area is 121 Å². The lowest BCUT2D eigenvalue weighted by Crippen LogP contribution is -2.16. The highest BCUT2D eigenvalue weighted by Gasteiger charge is 2.29. The van der Waals surface area contributed by atoms with E-state index in [1.165, 1.54) is 0 Å². The third-order valence-electron chi connectivity index (χ3n) is 2.34. The average Bonchev–Trinajstić information content (AvgIpc) is 2.46. The van der Waals surface area contributed by atoms with Gasteiger partial charge in [0.05, 0.1) is 30.2 Å². The molecular weight excluding hydrogens is 301 g/mol. The summed E-state index contributed by atoms with van der Waals surface area (Å²) in [6.07, 6.45) is 0.734. The van der Waals surface area contributed by atoms with Crippen LogP contribution in [0.2, 0.25) is 0 Å². The average molecular weight is 313 g/mol. The van der Waals surface area contributed by atoms with E-state index < -0.39 is 31.4 Å². The summed E-state index contributed by atoms with van der Waals surface area (Å²) in [5.41, 5.74) is -0.186. The lowest BCUT2D eigenvalue weighted by atomic mass is 10.2. The lowest BCUT2D eigenvalue weighted by Gasteiger charge is -2.08. The van der Waals surface area contributed by atoms with Gasteiger partial charge in [-0.25, -0.2) is 17.6 Å². The minimum Gasteiger partial charge on any atom is -0.500 e. The van der Waals surface area contributed by atoms with Crippen molar-refractivity contribution in [3.63, 3.8) is 0 Å². The third kappa shape index (κ3) is 3.79. The van der Waals surface area contributed by atoms with Gasteiger partial charge in [-0.05, 0) is 25.1 Å². The molecule has 0 fully saturated rings. The first-order valence-electron chi connectivity index (χ1n) is 5.72. The highest BCUT2D eigenvalue weighted by Crippen LogP contribution is 2.22. The number of methoxy groups -OCH3 is 1. The van der Waals surface area contributed by atoms with Gasteiger partial charge in [0.2, 0.25) is 9.84 Å². The predicted octanol–water partition coefficient (Wildman–Crippen LogP) is 1.52. The van der Waals surface area contributed by atoms with Crippen molar-refractivity contribution in [3.8, 4) is 6.07 Å². The maximum atomic E-state index is 13.4. The van der Waals surface area contributed by atoms with Crippen molar-refractivity contribution in [1.82, 2.24) is 0 Å². The number of esters is 1. The van der Waals surface area contributed by atoms with Crippen LogP contribution in [0.5, 0.6) is 0 Å². The number of nitriles is 1. The van der Waals surface area contributed by atoms with Gasteiger partial charge in [-0.3, -0.25) is 0 Å². The molecule has 0 spiro atoms. The Kier molecular flexibility index (Phi) is 5.44. The normalized spacial score (nSPS) is 11.6. The molecule has 0 atom stereocenters. The summed E-state index contributed by atoms with van der Waals surface area (Å²) in [6.45, 7) is 1.72. The van der Waals surface area contributed by atoms with E-state index >= 15 is 0 Å². The van der Waals surface area contributed by atoms with E-state index in [9.17, 15) is 17.6 Å². The largest absolute Gasteiger partial charge is 0.500 e. The summed E-state index contributed by atoms with van der Waals surface area (Å²) in [5.74, 6) is -2.06. The maximum absolute atomic E-state index is 13.4. The number of nitrogens with zero attached hydrogens (tertiary/aromatic N) is 1. The molecule has 0 N–H and O–H groups in total. The smallest absolute Gasteiger partial charge is 0.353 e. The fourth-order valence-corrected chi connectivity index (χ4v) is 2.69. The summed E-state index contributed by atoms with van der Waals surface area (Å²) in [6, 6.07) is 4.18. The first-order valence-corrected chi connectivity index (χ1v) is 7.21. The van der Waals surface area contributed by atoms with E-state index in [2.05, 4.69) is 4.74 Å². The Morgan fingerprint density at radius 3 is 2.62 bits per heavy atom. The zero-order valence-electron chi connectivity index (χ0n) is 11.3. The van der Waals surface area contributed by atoms with E-state index in [-0.39, 0.29) is 12.2 Å². The Morgan fingerprint density at radius 1 is 1.43 bits per heavy atom. The minimum atomic E-state index is -4.37. The van der Waals surface area contributed by atoms with Crippen LogP contribution in [0, 0.1) is 17.1 Å². The first-order chi connectivity index (χ1) is 9.86. The Morgan fingerprint density at radius 2 is 2.10 bits per heavy atom. The van der Waals surface area contributed by atoms with E-state index in [1.54, 1.807) is 13.0 Å². The Balaban J connectivity index is 3.46. The van der Waals surface area contributed by atoms with E-state index in [0.717, 1.165) is 25.5 Å². The molecule has 0 aliphatic carbocycles. The van der Waals surface area contributed by atoms with Crippen LogP contribution in [-0.4, -0.2) is 28.1 Å². The molecule has 0 unspecified atom stereocenters. The van der Waals surface area contributed by atoms with Crippen LogP contribution < -0.4 is 0 Å². The van der Waals surface area contributed by atoms with Gasteiger partial charge in [0.15, 0.2) is 4.91 Å². The zero-order chi connectivity index (χ0) is 16.0. The van der Waals surface area contributed by atoms with E-state index in [1.807, 2.05) is 0 Å². The van der Waals surface area contributed by atoms with Gasteiger partial charge in [0.1, 0.15) is 12.1 Å². The van der Waals surface area contributed by atoms with Crippen molar-refractivity contribution in [3.05, 3.63) is 40.7 Å². The van der Waals surface area contributed by atoms with Gasteiger partial charge in [0.25, 0.3) is 0 Å². The fourth-order valence-electron chi connectivity index (χ4n) is 1.39.